The average molecular weight is 441 g/mol. The van der Waals surface area contributed by atoms with Gasteiger partial charge < -0.3 is 9.80 Å². The molecule has 1 fully saturated rings. The molecule has 0 bridgehead atoms. The van der Waals surface area contributed by atoms with Gasteiger partial charge in [0.1, 0.15) is 10.7 Å². The lowest BCUT2D eigenvalue weighted by atomic mass is 10.2. The maximum absolute atomic E-state index is 12.8. The highest BCUT2D eigenvalue weighted by molar-refractivity contribution is 7.12. The second-order valence-electron chi connectivity index (χ2n) is 7.54. The summed E-state index contributed by atoms with van der Waals surface area (Å²) in [4.78, 5) is 42.7. The number of carbonyl (C=O) groups excluding carboxylic acids is 2. The standard InChI is InChI=1S/C20H24N8O2S/c1-2-27-18(30)17-14(6-13-31-17)28-15(23-24-20(27)28)4-5-16(29)25-9-11-26(12-10-25)19-21-7-3-8-22-19/h3,6-8,13,20,24H,2,4-5,9-12H2,1H3. The number of piperazine rings is 1. The fourth-order valence-corrected chi connectivity index (χ4v) is 5.08. The average Bonchev–Trinajstić information content (AvgIpc) is 3.46. The number of nitrogens with zero attached hydrogens (tertiary/aromatic N) is 7. The van der Waals surface area contributed by atoms with Crippen LogP contribution in [-0.2, 0) is 4.79 Å². The lowest BCUT2D eigenvalue weighted by molar-refractivity contribution is -0.131. The summed E-state index contributed by atoms with van der Waals surface area (Å²) < 4.78 is 0. The Kier molecular flexibility index (Phi) is 5.18. The van der Waals surface area contributed by atoms with E-state index < -0.39 is 0 Å². The minimum Gasteiger partial charge on any atom is -0.339 e. The van der Waals surface area contributed by atoms with Crippen molar-refractivity contribution in [2.45, 2.75) is 26.1 Å². The first kappa shape index (κ1) is 19.7. The van der Waals surface area contributed by atoms with Crippen LogP contribution >= 0.6 is 11.3 Å². The number of hydrazone groups is 1. The number of hydrogen-bond acceptors (Lipinski definition) is 9. The van der Waals surface area contributed by atoms with Crippen molar-refractivity contribution in [1.29, 1.82) is 0 Å². The van der Waals surface area contributed by atoms with Gasteiger partial charge in [-0.2, -0.15) is 5.10 Å². The van der Waals surface area contributed by atoms with Gasteiger partial charge in [0.2, 0.25) is 18.1 Å². The van der Waals surface area contributed by atoms with Crippen molar-refractivity contribution in [3.8, 4) is 0 Å². The van der Waals surface area contributed by atoms with Crippen molar-refractivity contribution in [2.24, 2.45) is 5.10 Å². The lowest BCUT2D eigenvalue weighted by Crippen LogP contribution is -2.58. The second-order valence-corrected chi connectivity index (χ2v) is 8.46. The zero-order valence-corrected chi connectivity index (χ0v) is 18.1. The van der Waals surface area contributed by atoms with Crippen LogP contribution in [0.1, 0.15) is 29.4 Å². The van der Waals surface area contributed by atoms with Crippen molar-refractivity contribution in [1.82, 2.24) is 25.2 Å². The lowest BCUT2D eigenvalue weighted by Gasteiger charge is -2.39. The molecule has 2 aromatic rings. The zero-order chi connectivity index (χ0) is 21.4. The Bertz CT molecular complexity index is 1000. The smallest absolute Gasteiger partial charge is 0.269 e. The van der Waals surface area contributed by atoms with Gasteiger partial charge in [0.05, 0.1) is 5.69 Å². The summed E-state index contributed by atoms with van der Waals surface area (Å²) in [5.41, 5.74) is 3.95. The normalized spacial score (nSPS) is 20.4. The summed E-state index contributed by atoms with van der Waals surface area (Å²) in [6.45, 7) is 5.29. The summed E-state index contributed by atoms with van der Waals surface area (Å²) in [5.74, 6) is 1.64. The number of carbonyl (C=O) groups is 2. The van der Waals surface area contributed by atoms with E-state index in [1.807, 2.05) is 23.3 Å². The number of nitrogens with one attached hydrogen (secondary N) is 1. The number of amides is 2. The summed E-state index contributed by atoms with van der Waals surface area (Å²) >= 11 is 1.44. The first-order valence-corrected chi connectivity index (χ1v) is 11.3. The van der Waals surface area contributed by atoms with E-state index in [-0.39, 0.29) is 18.1 Å². The molecule has 1 N–H and O–H groups in total. The molecular weight excluding hydrogens is 416 g/mol. The van der Waals surface area contributed by atoms with Gasteiger partial charge in [0.25, 0.3) is 5.91 Å². The molecule has 162 valence electrons. The van der Waals surface area contributed by atoms with Crippen molar-refractivity contribution in [3.05, 3.63) is 34.8 Å². The molecule has 5 heterocycles. The third kappa shape index (κ3) is 3.48. The van der Waals surface area contributed by atoms with Crippen LogP contribution in [-0.4, -0.2) is 76.4 Å². The maximum Gasteiger partial charge on any atom is 0.269 e. The number of aromatic nitrogens is 2. The van der Waals surface area contributed by atoms with Gasteiger partial charge in [0, 0.05) is 58.0 Å². The Hall–Kier alpha value is -3.21. The van der Waals surface area contributed by atoms with E-state index in [0.29, 0.717) is 38.4 Å². The molecule has 1 atom stereocenters. The predicted octanol–water partition coefficient (Wildman–Crippen LogP) is 1.15. The van der Waals surface area contributed by atoms with Crippen LogP contribution < -0.4 is 15.2 Å². The summed E-state index contributed by atoms with van der Waals surface area (Å²) in [7, 11) is 0. The van der Waals surface area contributed by atoms with Gasteiger partial charge in [0.15, 0.2) is 0 Å². The molecule has 5 rings (SSSR count). The van der Waals surface area contributed by atoms with Gasteiger partial charge in [-0.3, -0.25) is 24.8 Å². The van der Waals surface area contributed by atoms with E-state index in [1.54, 1.807) is 23.4 Å². The molecule has 0 spiro atoms. The van der Waals surface area contributed by atoms with Gasteiger partial charge >= 0.3 is 0 Å². The fraction of sp³-hybridized carbons (Fsp3) is 0.450. The molecular formula is C20H24N8O2S. The van der Waals surface area contributed by atoms with Crippen LogP contribution in [0.5, 0.6) is 0 Å². The van der Waals surface area contributed by atoms with E-state index >= 15 is 0 Å². The molecule has 2 aromatic heterocycles. The molecule has 10 nitrogen and oxygen atoms in total. The molecule has 0 radical (unpaired) electrons. The monoisotopic (exact) mass is 440 g/mol. The third-order valence-corrected chi connectivity index (χ3v) is 6.75. The topological polar surface area (TPSA) is 97.3 Å². The van der Waals surface area contributed by atoms with Crippen LogP contribution in [0.15, 0.2) is 35.0 Å². The van der Waals surface area contributed by atoms with E-state index in [1.165, 1.54) is 11.3 Å². The number of hydrogen-bond donors (Lipinski definition) is 1. The van der Waals surface area contributed by atoms with Gasteiger partial charge in [-0.25, -0.2) is 9.97 Å². The molecule has 31 heavy (non-hydrogen) atoms. The second kappa shape index (κ2) is 8.14. The Labute approximate surface area is 184 Å². The molecule has 11 heteroatoms. The molecule has 3 aliphatic heterocycles. The van der Waals surface area contributed by atoms with Crippen molar-refractivity contribution < 1.29 is 9.59 Å². The van der Waals surface area contributed by atoms with E-state index in [0.717, 1.165) is 29.5 Å². The van der Waals surface area contributed by atoms with E-state index in [9.17, 15) is 9.59 Å². The van der Waals surface area contributed by atoms with Gasteiger partial charge in [-0.05, 0) is 24.4 Å². The van der Waals surface area contributed by atoms with Crippen molar-refractivity contribution in [3.63, 3.8) is 0 Å². The van der Waals surface area contributed by atoms with Crippen molar-refractivity contribution in [2.75, 3.05) is 42.5 Å². The summed E-state index contributed by atoms with van der Waals surface area (Å²) in [6, 6.07) is 3.75. The molecule has 0 saturated carbocycles. The first-order valence-electron chi connectivity index (χ1n) is 10.5. The van der Waals surface area contributed by atoms with Crippen molar-refractivity contribution >= 4 is 40.6 Å². The highest BCUT2D eigenvalue weighted by Gasteiger charge is 2.42. The molecule has 0 aliphatic carbocycles. The molecule has 1 unspecified atom stereocenters. The van der Waals surface area contributed by atoms with Gasteiger partial charge in [-0.1, -0.05) is 0 Å². The van der Waals surface area contributed by atoms with Crippen LogP contribution in [0, 0.1) is 0 Å². The number of amidine groups is 1. The Balaban J connectivity index is 1.20. The quantitative estimate of drug-likeness (QED) is 0.745. The Morgan fingerprint density at radius 1 is 1.23 bits per heavy atom. The van der Waals surface area contributed by atoms with Crippen LogP contribution in [0.2, 0.25) is 0 Å². The summed E-state index contributed by atoms with van der Waals surface area (Å²) in [6.07, 6.45) is 4.04. The summed E-state index contributed by atoms with van der Waals surface area (Å²) in [5, 5.41) is 6.39. The predicted molar refractivity (Wildman–Crippen MR) is 118 cm³/mol. The number of thiophene rings is 1. The molecule has 1 saturated heterocycles. The van der Waals surface area contributed by atoms with E-state index in [4.69, 9.17) is 0 Å². The van der Waals surface area contributed by atoms with Gasteiger partial charge in [-0.15, -0.1) is 11.3 Å². The molecule has 3 aliphatic rings. The number of rotatable bonds is 5. The zero-order valence-electron chi connectivity index (χ0n) is 17.3. The Morgan fingerprint density at radius 2 is 2.00 bits per heavy atom. The largest absolute Gasteiger partial charge is 0.339 e. The van der Waals surface area contributed by atoms with E-state index in [2.05, 4.69) is 30.3 Å². The molecule has 2 amide bonds. The minimum absolute atomic E-state index is 0.0223. The Morgan fingerprint density at radius 3 is 2.74 bits per heavy atom. The highest BCUT2D eigenvalue weighted by atomic mass is 32.1. The number of fused-ring (bicyclic) bond motifs is 3. The maximum atomic E-state index is 12.8. The van der Waals surface area contributed by atoms with Crippen LogP contribution in [0.25, 0.3) is 0 Å². The first-order chi connectivity index (χ1) is 15.2. The fourth-order valence-electron chi connectivity index (χ4n) is 4.24. The number of anilines is 2. The minimum atomic E-state index is -0.320. The molecule has 0 aromatic carbocycles. The van der Waals surface area contributed by atoms with Crippen LogP contribution in [0.4, 0.5) is 11.6 Å². The highest BCUT2D eigenvalue weighted by Crippen LogP contribution is 2.36. The van der Waals surface area contributed by atoms with Crippen LogP contribution in [0.3, 0.4) is 0 Å². The SMILES string of the molecule is CCN1C(=O)c2sccc2N2C(CCC(=O)N3CCN(c4ncccn4)CC3)=NNC12. The third-order valence-electron chi connectivity index (χ3n) is 5.86.